The fraction of sp³-hybridized carbons (Fsp3) is 0.130. The molecule has 2 atom stereocenters. The van der Waals surface area contributed by atoms with Crippen LogP contribution in [0.15, 0.2) is 78.9 Å². The van der Waals surface area contributed by atoms with E-state index in [1.54, 1.807) is 23.1 Å². The molecule has 1 aliphatic rings. The molecule has 2 amide bonds. The van der Waals surface area contributed by atoms with E-state index in [9.17, 15) is 9.59 Å². The second kappa shape index (κ2) is 8.88. The van der Waals surface area contributed by atoms with Crippen molar-refractivity contribution >= 4 is 46.4 Å². The minimum Gasteiger partial charge on any atom is -0.349 e. The standard InChI is InChI=1S/C23H18Cl2N2O3/c24-17-12-7-13-18(19(17)25)26-22(28)20-21(30-20)23(29)27(16-10-5-2-6-11-16)14-15-8-3-1-4-9-15/h1-13,20-21H,14H2,(H,26,28)/t20-,21?/m0/s1. The lowest BCUT2D eigenvalue weighted by Crippen LogP contribution is -2.36. The quantitative estimate of drug-likeness (QED) is 0.552. The first kappa shape index (κ1) is 20.4. The van der Waals surface area contributed by atoms with Gasteiger partial charge in [-0.3, -0.25) is 9.59 Å². The minimum atomic E-state index is -0.880. The van der Waals surface area contributed by atoms with Gasteiger partial charge >= 0.3 is 0 Å². The normalized spacial score (nSPS) is 17.3. The van der Waals surface area contributed by atoms with Crippen LogP contribution in [-0.4, -0.2) is 24.0 Å². The van der Waals surface area contributed by atoms with Gasteiger partial charge in [0, 0.05) is 5.69 Å². The fourth-order valence-electron chi connectivity index (χ4n) is 3.13. The number of halogens is 2. The number of hydrogen-bond donors (Lipinski definition) is 1. The molecule has 1 N–H and O–H groups in total. The highest BCUT2D eigenvalue weighted by Gasteiger charge is 2.52. The number of ether oxygens (including phenoxy) is 1. The summed E-state index contributed by atoms with van der Waals surface area (Å²) in [5.74, 6) is -0.715. The van der Waals surface area contributed by atoms with Crippen molar-refractivity contribution in [3.05, 3.63) is 94.5 Å². The molecule has 3 aromatic carbocycles. The molecule has 3 aromatic rings. The van der Waals surface area contributed by atoms with Crippen LogP contribution in [0.2, 0.25) is 10.0 Å². The lowest BCUT2D eigenvalue weighted by Gasteiger charge is -2.22. The van der Waals surface area contributed by atoms with Crippen LogP contribution in [-0.2, 0) is 20.9 Å². The summed E-state index contributed by atoms with van der Waals surface area (Å²) in [6, 6.07) is 23.9. The number of benzene rings is 3. The summed E-state index contributed by atoms with van der Waals surface area (Å²) >= 11 is 12.1. The molecule has 1 saturated heterocycles. The molecule has 4 rings (SSSR count). The average molecular weight is 441 g/mol. The summed E-state index contributed by atoms with van der Waals surface area (Å²) in [6.07, 6.45) is -1.73. The van der Waals surface area contributed by atoms with Crippen LogP contribution < -0.4 is 10.2 Å². The Labute approximate surface area is 184 Å². The Hall–Kier alpha value is -2.86. The number of carbonyl (C=O) groups excluding carboxylic acids is 2. The smallest absolute Gasteiger partial charge is 0.259 e. The highest BCUT2D eigenvalue weighted by Crippen LogP contribution is 2.32. The lowest BCUT2D eigenvalue weighted by molar-refractivity contribution is -0.120. The molecule has 0 bridgehead atoms. The van der Waals surface area contributed by atoms with Gasteiger partial charge in [0.1, 0.15) is 0 Å². The Balaban J connectivity index is 1.49. The molecule has 0 spiro atoms. The number of para-hydroxylation sites is 1. The van der Waals surface area contributed by atoms with Gasteiger partial charge in [0.15, 0.2) is 12.2 Å². The minimum absolute atomic E-state index is 0.242. The monoisotopic (exact) mass is 440 g/mol. The molecule has 5 nitrogen and oxygen atoms in total. The zero-order valence-corrected chi connectivity index (χ0v) is 17.3. The number of rotatable bonds is 6. The molecule has 0 aliphatic carbocycles. The third kappa shape index (κ3) is 4.49. The molecular formula is C23H18Cl2N2O3. The van der Waals surface area contributed by atoms with Crippen LogP contribution in [0.3, 0.4) is 0 Å². The lowest BCUT2D eigenvalue weighted by atomic mass is 10.1. The third-order valence-corrected chi connectivity index (χ3v) is 5.54. The van der Waals surface area contributed by atoms with Gasteiger partial charge in [-0.15, -0.1) is 0 Å². The number of carbonyl (C=O) groups is 2. The van der Waals surface area contributed by atoms with E-state index < -0.39 is 18.1 Å². The van der Waals surface area contributed by atoms with Crippen LogP contribution >= 0.6 is 23.2 Å². The maximum Gasteiger partial charge on any atom is 0.259 e. The van der Waals surface area contributed by atoms with E-state index in [0.29, 0.717) is 17.3 Å². The first-order valence-corrected chi connectivity index (χ1v) is 10.1. The summed E-state index contributed by atoms with van der Waals surface area (Å²) < 4.78 is 5.44. The van der Waals surface area contributed by atoms with E-state index in [4.69, 9.17) is 27.9 Å². The summed E-state index contributed by atoms with van der Waals surface area (Å²) in [5.41, 5.74) is 2.08. The molecule has 1 unspecified atom stereocenters. The van der Waals surface area contributed by atoms with E-state index in [1.165, 1.54) is 0 Å². The van der Waals surface area contributed by atoms with Gasteiger partial charge in [-0.25, -0.2) is 0 Å². The largest absolute Gasteiger partial charge is 0.349 e. The van der Waals surface area contributed by atoms with Crippen molar-refractivity contribution < 1.29 is 14.3 Å². The van der Waals surface area contributed by atoms with Crippen molar-refractivity contribution in [1.29, 1.82) is 0 Å². The first-order valence-electron chi connectivity index (χ1n) is 9.35. The van der Waals surface area contributed by atoms with Crippen LogP contribution in [0.5, 0.6) is 0 Å². The molecule has 0 saturated carbocycles. The second-order valence-electron chi connectivity index (χ2n) is 6.81. The van der Waals surface area contributed by atoms with Gasteiger partial charge < -0.3 is 15.0 Å². The zero-order chi connectivity index (χ0) is 21.1. The molecular weight excluding hydrogens is 423 g/mol. The van der Waals surface area contributed by atoms with Gasteiger partial charge in [0.25, 0.3) is 11.8 Å². The number of amides is 2. The van der Waals surface area contributed by atoms with Crippen molar-refractivity contribution in [1.82, 2.24) is 0 Å². The predicted molar refractivity (Wildman–Crippen MR) is 118 cm³/mol. The summed E-state index contributed by atoms with van der Waals surface area (Å²) in [7, 11) is 0. The molecule has 0 radical (unpaired) electrons. The Morgan fingerprint density at radius 1 is 0.867 bits per heavy atom. The Morgan fingerprint density at radius 3 is 2.23 bits per heavy atom. The van der Waals surface area contributed by atoms with Gasteiger partial charge in [-0.05, 0) is 29.8 Å². The molecule has 1 fully saturated rings. The molecule has 152 valence electrons. The van der Waals surface area contributed by atoms with Crippen LogP contribution in [0.4, 0.5) is 11.4 Å². The van der Waals surface area contributed by atoms with Crippen molar-refractivity contribution in [3.8, 4) is 0 Å². The van der Waals surface area contributed by atoms with Crippen molar-refractivity contribution in [3.63, 3.8) is 0 Å². The highest BCUT2D eigenvalue weighted by molar-refractivity contribution is 6.44. The maximum atomic E-state index is 13.2. The van der Waals surface area contributed by atoms with Gasteiger partial charge in [0.2, 0.25) is 0 Å². The zero-order valence-electron chi connectivity index (χ0n) is 15.8. The average Bonchev–Trinajstić information content (AvgIpc) is 3.57. The maximum absolute atomic E-state index is 13.2. The summed E-state index contributed by atoms with van der Waals surface area (Å²) in [6.45, 7) is 0.373. The van der Waals surface area contributed by atoms with Crippen LogP contribution in [0.1, 0.15) is 5.56 Å². The van der Waals surface area contributed by atoms with Crippen molar-refractivity contribution in [2.24, 2.45) is 0 Å². The Bertz CT molecular complexity index is 1060. The van der Waals surface area contributed by atoms with E-state index >= 15 is 0 Å². The Kier molecular flexibility index (Phi) is 6.04. The molecule has 7 heteroatoms. The number of epoxide rings is 1. The number of nitrogens with one attached hydrogen (secondary N) is 1. The van der Waals surface area contributed by atoms with Gasteiger partial charge in [0.05, 0.1) is 22.3 Å². The van der Waals surface area contributed by atoms with E-state index in [-0.39, 0.29) is 10.9 Å². The van der Waals surface area contributed by atoms with E-state index in [1.807, 2.05) is 60.7 Å². The molecule has 0 aromatic heterocycles. The predicted octanol–water partition coefficient (Wildman–Crippen LogP) is 4.93. The van der Waals surface area contributed by atoms with Crippen molar-refractivity contribution in [2.75, 3.05) is 10.2 Å². The Morgan fingerprint density at radius 2 is 1.53 bits per heavy atom. The van der Waals surface area contributed by atoms with Gasteiger partial charge in [-0.1, -0.05) is 77.8 Å². The summed E-state index contributed by atoms with van der Waals surface area (Å²) in [5, 5.41) is 3.25. The number of hydrogen-bond acceptors (Lipinski definition) is 3. The summed E-state index contributed by atoms with van der Waals surface area (Å²) in [4.78, 5) is 27.4. The van der Waals surface area contributed by atoms with Crippen molar-refractivity contribution in [2.45, 2.75) is 18.8 Å². The molecule has 30 heavy (non-hydrogen) atoms. The molecule has 1 heterocycles. The van der Waals surface area contributed by atoms with Crippen LogP contribution in [0, 0.1) is 0 Å². The SMILES string of the molecule is O=C(Nc1cccc(Cl)c1Cl)[C@H]1OC1C(=O)N(Cc1ccccc1)c1ccccc1. The first-order chi connectivity index (χ1) is 14.5. The molecule has 1 aliphatic heterocycles. The van der Waals surface area contributed by atoms with Crippen LogP contribution in [0.25, 0.3) is 0 Å². The topological polar surface area (TPSA) is 61.9 Å². The van der Waals surface area contributed by atoms with E-state index in [2.05, 4.69) is 5.32 Å². The third-order valence-electron chi connectivity index (χ3n) is 4.72. The van der Waals surface area contributed by atoms with Gasteiger partial charge in [-0.2, -0.15) is 0 Å². The van der Waals surface area contributed by atoms with E-state index in [0.717, 1.165) is 11.3 Å². The highest BCUT2D eigenvalue weighted by atomic mass is 35.5. The fourth-order valence-corrected chi connectivity index (χ4v) is 3.48. The number of anilines is 2. The second-order valence-corrected chi connectivity index (χ2v) is 7.60. The number of nitrogens with zero attached hydrogens (tertiary/aromatic N) is 1.